The molecule has 0 bridgehead atoms. The Kier molecular flexibility index (Phi) is 6.45. The molecule has 33 heavy (non-hydrogen) atoms. The van der Waals surface area contributed by atoms with Crippen LogP contribution in [0.2, 0.25) is 0 Å². The minimum absolute atomic E-state index is 0.0371. The van der Waals surface area contributed by atoms with Gasteiger partial charge < -0.3 is 20.5 Å². The number of amides is 2. The van der Waals surface area contributed by atoms with E-state index in [-0.39, 0.29) is 25.0 Å². The van der Waals surface area contributed by atoms with Crippen molar-refractivity contribution in [1.82, 2.24) is 10.6 Å². The monoisotopic (exact) mass is 444 g/mol. The molecule has 3 unspecified atom stereocenters. The van der Waals surface area contributed by atoms with Gasteiger partial charge in [-0.25, -0.2) is 9.59 Å². The molecule has 2 aromatic rings. The zero-order chi connectivity index (χ0) is 23.4. The molecular weight excluding hydrogens is 420 g/mol. The number of carbonyl (C=O) groups is 3. The molecule has 7 nitrogen and oxygen atoms in total. The summed E-state index contributed by atoms with van der Waals surface area (Å²) >= 11 is 0. The van der Waals surface area contributed by atoms with Crippen LogP contribution in [0.3, 0.4) is 0 Å². The van der Waals surface area contributed by atoms with E-state index in [2.05, 4.69) is 40.8 Å². The first-order chi connectivity index (χ1) is 16.0. The van der Waals surface area contributed by atoms with Crippen LogP contribution in [0, 0.1) is 18.3 Å². The number of rotatable bonds is 7. The van der Waals surface area contributed by atoms with Gasteiger partial charge in [0.15, 0.2) is 0 Å². The van der Waals surface area contributed by atoms with Gasteiger partial charge in [-0.15, -0.1) is 12.3 Å². The molecule has 0 spiro atoms. The number of hydrogen-bond donors (Lipinski definition) is 3. The maximum absolute atomic E-state index is 12.4. The number of carboxylic acids is 1. The van der Waals surface area contributed by atoms with Crippen molar-refractivity contribution in [2.24, 2.45) is 5.92 Å². The molecule has 4 rings (SSSR count). The summed E-state index contributed by atoms with van der Waals surface area (Å²) < 4.78 is 5.54. The van der Waals surface area contributed by atoms with Gasteiger partial charge in [0.2, 0.25) is 5.91 Å². The summed E-state index contributed by atoms with van der Waals surface area (Å²) in [6.07, 6.45) is 8.18. The summed E-state index contributed by atoms with van der Waals surface area (Å²) in [5.41, 5.74) is 4.56. The van der Waals surface area contributed by atoms with Gasteiger partial charge in [0, 0.05) is 12.3 Å². The Labute approximate surface area is 191 Å². The number of carboxylic acid groups (broad SMARTS) is 1. The average Bonchev–Trinajstić information content (AvgIpc) is 3.40. The Hall–Kier alpha value is -4.05. The second kappa shape index (κ2) is 9.61. The van der Waals surface area contributed by atoms with Gasteiger partial charge in [0.1, 0.15) is 12.6 Å². The van der Waals surface area contributed by atoms with Gasteiger partial charge in [-0.1, -0.05) is 60.7 Å². The molecule has 0 saturated carbocycles. The first-order valence-corrected chi connectivity index (χ1v) is 10.7. The molecule has 0 aliphatic heterocycles. The molecule has 0 aromatic heterocycles. The summed E-state index contributed by atoms with van der Waals surface area (Å²) in [5.74, 6) is 0.0302. The molecule has 3 atom stereocenters. The lowest BCUT2D eigenvalue weighted by Crippen LogP contribution is -2.43. The highest BCUT2D eigenvalue weighted by Gasteiger charge is 2.31. The lowest BCUT2D eigenvalue weighted by molar-refractivity contribution is -0.142. The minimum Gasteiger partial charge on any atom is -0.480 e. The molecule has 2 aliphatic carbocycles. The number of ether oxygens (including phenoxy) is 1. The minimum atomic E-state index is -1.18. The Morgan fingerprint density at radius 3 is 2.30 bits per heavy atom. The second-order valence-electron chi connectivity index (χ2n) is 8.11. The van der Waals surface area contributed by atoms with Gasteiger partial charge in [0.05, 0.1) is 12.0 Å². The third kappa shape index (κ3) is 4.75. The molecule has 2 amide bonds. The standard InChI is InChI=1S/C26H24N2O5/c1-2-7-23(25(30)31)28-24(29)16-12-13-17(14-16)27-26(32)33-15-22-20-10-5-3-8-18(20)19-9-4-6-11-21(19)22/h1,3-6,8-13,16-17,22-23H,7,14-15H2,(H,27,32)(H,28,29)(H,30,31). The fourth-order valence-electron chi connectivity index (χ4n) is 4.39. The van der Waals surface area contributed by atoms with E-state index < -0.39 is 29.9 Å². The number of fused-ring (bicyclic) bond motifs is 3. The Bertz CT molecular complexity index is 1100. The molecule has 7 heteroatoms. The van der Waals surface area contributed by atoms with Crippen molar-refractivity contribution in [1.29, 1.82) is 0 Å². The van der Waals surface area contributed by atoms with Crippen molar-refractivity contribution in [2.45, 2.75) is 30.8 Å². The summed E-state index contributed by atoms with van der Waals surface area (Å²) in [4.78, 5) is 36.0. The van der Waals surface area contributed by atoms with Gasteiger partial charge in [-0.3, -0.25) is 4.79 Å². The SMILES string of the molecule is C#CCC(NC(=O)C1C=CC(NC(=O)OCC2c3ccccc3-c3ccccc32)C1)C(=O)O. The summed E-state index contributed by atoms with van der Waals surface area (Å²) in [5, 5.41) is 14.3. The molecule has 0 fully saturated rings. The maximum atomic E-state index is 12.4. The van der Waals surface area contributed by atoms with Gasteiger partial charge in [0.25, 0.3) is 0 Å². The summed E-state index contributed by atoms with van der Waals surface area (Å²) in [7, 11) is 0. The van der Waals surface area contributed by atoms with Crippen molar-refractivity contribution in [2.75, 3.05) is 6.61 Å². The van der Waals surface area contributed by atoms with E-state index in [1.54, 1.807) is 12.2 Å². The van der Waals surface area contributed by atoms with Crippen molar-refractivity contribution in [3.63, 3.8) is 0 Å². The fraction of sp³-hybridized carbons (Fsp3) is 0.269. The fourth-order valence-corrected chi connectivity index (χ4v) is 4.39. The zero-order valence-corrected chi connectivity index (χ0v) is 17.9. The predicted octanol–water partition coefficient (Wildman–Crippen LogP) is 3.06. The molecule has 168 valence electrons. The average molecular weight is 444 g/mol. The smallest absolute Gasteiger partial charge is 0.407 e. The molecule has 0 radical (unpaired) electrons. The van der Waals surface area contributed by atoms with E-state index in [9.17, 15) is 14.4 Å². The highest BCUT2D eigenvalue weighted by molar-refractivity contribution is 5.86. The summed E-state index contributed by atoms with van der Waals surface area (Å²) in [6, 6.07) is 14.7. The number of benzene rings is 2. The quantitative estimate of drug-likeness (QED) is 0.450. The Morgan fingerprint density at radius 1 is 1.06 bits per heavy atom. The number of hydrogen-bond acceptors (Lipinski definition) is 4. The number of terminal acetylenes is 1. The molecule has 3 N–H and O–H groups in total. The summed E-state index contributed by atoms with van der Waals surface area (Å²) in [6.45, 7) is 0.201. The van der Waals surface area contributed by atoms with E-state index >= 15 is 0 Å². The van der Waals surface area contributed by atoms with E-state index in [4.69, 9.17) is 16.3 Å². The number of alkyl carbamates (subject to hydrolysis) is 1. The van der Waals surface area contributed by atoms with Crippen molar-refractivity contribution >= 4 is 18.0 Å². The first-order valence-electron chi connectivity index (χ1n) is 10.7. The van der Waals surface area contributed by atoms with Crippen LogP contribution in [0.5, 0.6) is 0 Å². The van der Waals surface area contributed by atoms with Crippen molar-refractivity contribution in [3.8, 4) is 23.5 Å². The second-order valence-corrected chi connectivity index (χ2v) is 8.11. The van der Waals surface area contributed by atoms with Crippen LogP contribution >= 0.6 is 0 Å². The molecular formula is C26H24N2O5. The first kappa shape index (κ1) is 22.2. The van der Waals surface area contributed by atoms with Crippen LogP contribution in [0.25, 0.3) is 11.1 Å². The Balaban J connectivity index is 1.30. The van der Waals surface area contributed by atoms with Crippen LogP contribution in [0.1, 0.15) is 29.9 Å². The topological polar surface area (TPSA) is 105 Å². The van der Waals surface area contributed by atoms with E-state index in [1.165, 1.54) is 0 Å². The highest BCUT2D eigenvalue weighted by Crippen LogP contribution is 2.44. The van der Waals surface area contributed by atoms with Crippen LogP contribution in [-0.2, 0) is 14.3 Å². The van der Waals surface area contributed by atoms with Crippen LogP contribution in [0.15, 0.2) is 60.7 Å². The van der Waals surface area contributed by atoms with Gasteiger partial charge >= 0.3 is 12.1 Å². The lowest BCUT2D eigenvalue weighted by atomic mass is 9.98. The van der Waals surface area contributed by atoms with E-state index in [0.29, 0.717) is 6.42 Å². The van der Waals surface area contributed by atoms with E-state index in [0.717, 1.165) is 22.3 Å². The number of nitrogens with one attached hydrogen (secondary N) is 2. The third-order valence-corrected chi connectivity index (χ3v) is 6.00. The van der Waals surface area contributed by atoms with Crippen LogP contribution in [0.4, 0.5) is 4.79 Å². The normalized spacial score (nSPS) is 19.1. The zero-order valence-electron chi connectivity index (χ0n) is 17.9. The van der Waals surface area contributed by atoms with E-state index in [1.807, 2.05) is 24.3 Å². The van der Waals surface area contributed by atoms with Crippen LogP contribution in [-0.4, -0.2) is 41.8 Å². The van der Waals surface area contributed by atoms with Gasteiger partial charge in [-0.05, 0) is 28.7 Å². The number of carbonyl (C=O) groups excluding carboxylic acids is 2. The lowest BCUT2D eigenvalue weighted by Gasteiger charge is -2.18. The third-order valence-electron chi connectivity index (χ3n) is 6.00. The predicted molar refractivity (Wildman–Crippen MR) is 122 cm³/mol. The molecule has 0 heterocycles. The molecule has 0 saturated heterocycles. The van der Waals surface area contributed by atoms with Crippen molar-refractivity contribution < 1.29 is 24.2 Å². The molecule has 2 aliphatic rings. The molecule has 2 aromatic carbocycles. The van der Waals surface area contributed by atoms with Gasteiger partial charge in [-0.2, -0.15) is 0 Å². The largest absolute Gasteiger partial charge is 0.480 e. The highest BCUT2D eigenvalue weighted by atomic mass is 16.5. The number of aliphatic carboxylic acids is 1. The Morgan fingerprint density at radius 2 is 1.70 bits per heavy atom. The van der Waals surface area contributed by atoms with Crippen molar-refractivity contribution in [3.05, 3.63) is 71.8 Å². The maximum Gasteiger partial charge on any atom is 0.407 e. The van der Waals surface area contributed by atoms with Crippen LogP contribution < -0.4 is 10.6 Å².